The van der Waals surface area contributed by atoms with E-state index in [0.29, 0.717) is 17.9 Å². The van der Waals surface area contributed by atoms with E-state index in [-0.39, 0.29) is 12.4 Å². The van der Waals surface area contributed by atoms with Gasteiger partial charge in [-0.2, -0.15) is 0 Å². The zero-order valence-electron chi connectivity index (χ0n) is 10.2. The Labute approximate surface area is 106 Å². The molecule has 0 unspecified atom stereocenters. The molecule has 0 atom stereocenters. The second-order valence-electron chi connectivity index (χ2n) is 4.17. The lowest BCUT2D eigenvalue weighted by molar-refractivity contribution is 0.281. The van der Waals surface area contributed by atoms with Crippen LogP contribution in [0.25, 0.3) is 0 Å². The highest BCUT2D eigenvalue weighted by Crippen LogP contribution is 2.17. The van der Waals surface area contributed by atoms with E-state index >= 15 is 0 Å². The lowest BCUT2D eigenvalue weighted by Crippen LogP contribution is -1.96. The van der Waals surface area contributed by atoms with E-state index in [9.17, 15) is 4.39 Å². The lowest BCUT2D eigenvalue weighted by atomic mass is 10.1. The van der Waals surface area contributed by atoms with Gasteiger partial charge in [-0.15, -0.1) is 0 Å². The zero-order chi connectivity index (χ0) is 13.0. The van der Waals surface area contributed by atoms with E-state index in [1.807, 2.05) is 24.3 Å². The van der Waals surface area contributed by atoms with Crippen LogP contribution in [-0.4, -0.2) is 5.11 Å². The Balaban J connectivity index is 1.99. The molecule has 0 aromatic heterocycles. The van der Waals surface area contributed by atoms with Crippen LogP contribution in [0.5, 0.6) is 5.75 Å². The van der Waals surface area contributed by atoms with Crippen molar-refractivity contribution in [3.8, 4) is 5.75 Å². The fourth-order valence-electron chi connectivity index (χ4n) is 1.61. The molecule has 18 heavy (non-hydrogen) atoms. The summed E-state index contributed by atoms with van der Waals surface area (Å²) in [5.74, 6) is 0.426. The highest BCUT2D eigenvalue weighted by atomic mass is 19.1. The maximum absolute atomic E-state index is 13.1. The Kier molecular flexibility index (Phi) is 3.95. The maximum atomic E-state index is 13.1. The molecule has 0 amide bonds. The minimum absolute atomic E-state index is 0.0400. The van der Waals surface area contributed by atoms with Crippen LogP contribution in [0, 0.1) is 12.7 Å². The third-order valence-corrected chi connectivity index (χ3v) is 2.74. The van der Waals surface area contributed by atoms with Crippen LogP contribution in [0.2, 0.25) is 0 Å². The van der Waals surface area contributed by atoms with Gasteiger partial charge in [-0.05, 0) is 41.8 Å². The maximum Gasteiger partial charge on any atom is 0.126 e. The summed E-state index contributed by atoms with van der Waals surface area (Å²) in [7, 11) is 0. The summed E-state index contributed by atoms with van der Waals surface area (Å²) in [4.78, 5) is 0. The van der Waals surface area contributed by atoms with Crippen molar-refractivity contribution in [2.75, 3.05) is 0 Å². The van der Waals surface area contributed by atoms with Gasteiger partial charge in [0.15, 0.2) is 0 Å². The number of aryl methyl sites for hydroxylation is 1. The summed E-state index contributed by atoms with van der Waals surface area (Å²) in [5.41, 5.74) is 2.45. The molecular weight excluding hydrogens is 231 g/mol. The van der Waals surface area contributed by atoms with Crippen molar-refractivity contribution < 1.29 is 14.2 Å². The Morgan fingerprint density at radius 2 is 1.72 bits per heavy atom. The predicted octanol–water partition coefficient (Wildman–Crippen LogP) is 3.21. The molecule has 0 bridgehead atoms. The number of ether oxygens (including phenoxy) is 1. The molecule has 0 fully saturated rings. The first-order chi connectivity index (χ1) is 8.69. The van der Waals surface area contributed by atoms with Crippen LogP contribution in [0.4, 0.5) is 4.39 Å². The molecule has 94 valence electrons. The van der Waals surface area contributed by atoms with Crippen molar-refractivity contribution in [2.24, 2.45) is 0 Å². The largest absolute Gasteiger partial charge is 0.489 e. The molecule has 0 saturated heterocycles. The van der Waals surface area contributed by atoms with Gasteiger partial charge in [0.25, 0.3) is 0 Å². The Hall–Kier alpha value is -1.87. The van der Waals surface area contributed by atoms with Gasteiger partial charge in [0, 0.05) is 0 Å². The van der Waals surface area contributed by atoms with E-state index in [0.717, 1.165) is 11.1 Å². The minimum atomic E-state index is -0.227. The summed E-state index contributed by atoms with van der Waals surface area (Å²) in [6, 6.07) is 12.2. The molecule has 0 aliphatic heterocycles. The number of aliphatic hydroxyl groups is 1. The van der Waals surface area contributed by atoms with Crippen molar-refractivity contribution >= 4 is 0 Å². The van der Waals surface area contributed by atoms with Crippen molar-refractivity contribution in [3.63, 3.8) is 0 Å². The smallest absolute Gasteiger partial charge is 0.126 e. The van der Waals surface area contributed by atoms with Crippen molar-refractivity contribution in [2.45, 2.75) is 20.1 Å². The second-order valence-corrected chi connectivity index (χ2v) is 4.17. The number of rotatable bonds is 4. The van der Waals surface area contributed by atoms with Crippen LogP contribution in [0.15, 0.2) is 42.5 Å². The molecule has 2 nitrogen and oxygen atoms in total. The predicted molar refractivity (Wildman–Crippen MR) is 67.8 cm³/mol. The van der Waals surface area contributed by atoms with Crippen molar-refractivity contribution in [3.05, 3.63) is 65.0 Å². The minimum Gasteiger partial charge on any atom is -0.489 e. The summed E-state index contributed by atoms with van der Waals surface area (Å²) in [5, 5.41) is 8.93. The van der Waals surface area contributed by atoms with Crippen molar-refractivity contribution in [1.29, 1.82) is 0 Å². The molecule has 0 aliphatic carbocycles. The quantitative estimate of drug-likeness (QED) is 0.897. The van der Waals surface area contributed by atoms with Gasteiger partial charge in [-0.25, -0.2) is 4.39 Å². The number of benzene rings is 2. The average molecular weight is 246 g/mol. The summed E-state index contributed by atoms with van der Waals surface area (Å²) in [6.07, 6.45) is 0. The topological polar surface area (TPSA) is 29.5 Å². The monoisotopic (exact) mass is 246 g/mol. The summed E-state index contributed by atoms with van der Waals surface area (Å²) in [6.45, 7) is 2.17. The molecule has 3 heteroatoms. The molecule has 0 saturated carbocycles. The lowest BCUT2D eigenvalue weighted by Gasteiger charge is -2.08. The molecule has 0 aliphatic rings. The highest BCUT2D eigenvalue weighted by Gasteiger charge is 2.00. The van der Waals surface area contributed by atoms with Crippen LogP contribution < -0.4 is 4.74 Å². The average Bonchev–Trinajstić information content (AvgIpc) is 2.41. The fraction of sp³-hybridized carbons (Fsp3) is 0.200. The van der Waals surface area contributed by atoms with Crippen LogP contribution >= 0.6 is 0 Å². The molecule has 0 radical (unpaired) electrons. The third kappa shape index (κ3) is 3.08. The van der Waals surface area contributed by atoms with Crippen molar-refractivity contribution in [1.82, 2.24) is 0 Å². The van der Waals surface area contributed by atoms with Gasteiger partial charge < -0.3 is 9.84 Å². The molecule has 2 aromatic rings. The van der Waals surface area contributed by atoms with E-state index in [1.165, 1.54) is 6.07 Å². The Morgan fingerprint density at radius 3 is 2.33 bits per heavy atom. The van der Waals surface area contributed by atoms with Gasteiger partial charge in [-0.1, -0.05) is 24.3 Å². The van der Waals surface area contributed by atoms with Gasteiger partial charge in [0.1, 0.15) is 18.2 Å². The van der Waals surface area contributed by atoms with Gasteiger partial charge >= 0.3 is 0 Å². The van der Waals surface area contributed by atoms with E-state index in [4.69, 9.17) is 9.84 Å². The summed E-state index contributed by atoms with van der Waals surface area (Å²) < 4.78 is 18.6. The molecular formula is C15H15FO2. The number of hydrogen-bond acceptors (Lipinski definition) is 2. The van der Waals surface area contributed by atoms with Gasteiger partial charge in [-0.3, -0.25) is 0 Å². The SMILES string of the molecule is Cc1cc(OCc2ccc(CO)cc2)ccc1F. The van der Waals surface area contributed by atoms with E-state index in [2.05, 4.69) is 0 Å². The highest BCUT2D eigenvalue weighted by molar-refractivity contribution is 5.29. The number of hydrogen-bond donors (Lipinski definition) is 1. The van der Waals surface area contributed by atoms with E-state index < -0.39 is 0 Å². The standard InChI is InChI=1S/C15H15FO2/c1-11-8-14(6-7-15(11)16)18-10-13-4-2-12(9-17)3-5-13/h2-8,17H,9-10H2,1H3. The van der Waals surface area contributed by atoms with Crippen LogP contribution in [0.1, 0.15) is 16.7 Å². The van der Waals surface area contributed by atoms with Gasteiger partial charge in [0.05, 0.1) is 6.61 Å². The Morgan fingerprint density at radius 1 is 1.06 bits per heavy atom. The second kappa shape index (κ2) is 5.65. The number of aliphatic hydroxyl groups excluding tert-OH is 1. The first-order valence-electron chi connectivity index (χ1n) is 5.76. The first kappa shape index (κ1) is 12.6. The van der Waals surface area contributed by atoms with E-state index in [1.54, 1.807) is 19.1 Å². The molecule has 1 N–H and O–H groups in total. The van der Waals surface area contributed by atoms with Crippen LogP contribution in [0.3, 0.4) is 0 Å². The molecule has 0 heterocycles. The first-order valence-corrected chi connectivity index (χ1v) is 5.76. The zero-order valence-corrected chi connectivity index (χ0v) is 10.2. The summed E-state index contributed by atoms with van der Waals surface area (Å²) >= 11 is 0. The third-order valence-electron chi connectivity index (χ3n) is 2.74. The molecule has 2 aromatic carbocycles. The fourth-order valence-corrected chi connectivity index (χ4v) is 1.61. The van der Waals surface area contributed by atoms with Crippen LogP contribution in [-0.2, 0) is 13.2 Å². The molecule has 2 rings (SSSR count). The Bertz CT molecular complexity index is 521. The normalized spacial score (nSPS) is 10.4. The van der Waals surface area contributed by atoms with Gasteiger partial charge in [0.2, 0.25) is 0 Å². The molecule has 0 spiro atoms. The number of halogens is 1.